The third kappa shape index (κ3) is 5.17. The van der Waals surface area contributed by atoms with Crippen molar-refractivity contribution in [2.45, 2.75) is 38.6 Å². The molecule has 0 aliphatic rings. The molecule has 0 aliphatic heterocycles. The molecule has 102 valence electrons. The van der Waals surface area contributed by atoms with Gasteiger partial charge in [0.1, 0.15) is 0 Å². The summed E-state index contributed by atoms with van der Waals surface area (Å²) in [5, 5.41) is 12.2. The standard InChI is InChI=1S/C15H26N2O/c1-2-13-6-8-14(9-7-13)15(12-16)17-10-4-3-5-11-18/h6-9,15,17-18H,2-5,10-12,16H2,1H3. The molecular weight excluding hydrogens is 224 g/mol. The topological polar surface area (TPSA) is 58.3 Å². The summed E-state index contributed by atoms with van der Waals surface area (Å²) < 4.78 is 0. The maximum Gasteiger partial charge on any atom is 0.0444 e. The Balaban J connectivity index is 2.39. The molecule has 0 spiro atoms. The van der Waals surface area contributed by atoms with Crippen LogP contribution in [0.25, 0.3) is 0 Å². The van der Waals surface area contributed by atoms with Crippen molar-refractivity contribution >= 4 is 0 Å². The third-order valence-corrected chi connectivity index (χ3v) is 3.25. The van der Waals surface area contributed by atoms with E-state index in [1.54, 1.807) is 0 Å². The zero-order chi connectivity index (χ0) is 13.2. The van der Waals surface area contributed by atoms with Crippen LogP contribution in [0.5, 0.6) is 0 Å². The van der Waals surface area contributed by atoms with Crippen molar-refractivity contribution in [2.75, 3.05) is 19.7 Å². The van der Waals surface area contributed by atoms with E-state index >= 15 is 0 Å². The van der Waals surface area contributed by atoms with Gasteiger partial charge in [-0.2, -0.15) is 0 Å². The number of nitrogens with one attached hydrogen (secondary N) is 1. The first-order valence-electron chi connectivity index (χ1n) is 6.95. The van der Waals surface area contributed by atoms with E-state index in [1.165, 1.54) is 11.1 Å². The second-order valence-corrected chi connectivity index (χ2v) is 4.62. The molecule has 0 saturated heterocycles. The summed E-state index contributed by atoms with van der Waals surface area (Å²) in [7, 11) is 0. The van der Waals surface area contributed by atoms with Crippen molar-refractivity contribution in [1.29, 1.82) is 0 Å². The molecule has 0 saturated carbocycles. The summed E-state index contributed by atoms with van der Waals surface area (Å²) in [4.78, 5) is 0. The molecule has 0 fully saturated rings. The Labute approximate surface area is 110 Å². The van der Waals surface area contributed by atoms with Gasteiger partial charge in [0, 0.05) is 19.2 Å². The number of aryl methyl sites for hydroxylation is 1. The molecule has 1 rings (SSSR count). The lowest BCUT2D eigenvalue weighted by atomic mass is 10.0. The number of aliphatic hydroxyl groups is 1. The normalized spacial score (nSPS) is 12.6. The van der Waals surface area contributed by atoms with Gasteiger partial charge in [-0.1, -0.05) is 31.2 Å². The fourth-order valence-electron chi connectivity index (χ4n) is 2.01. The molecule has 3 nitrogen and oxygen atoms in total. The van der Waals surface area contributed by atoms with Crippen LogP contribution in [-0.2, 0) is 6.42 Å². The zero-order valence-corrected chi connectivity index (χ0v) is 11.4. The van der Waals surface area contributed by atoms with Gasteiger partial charge in [0.05, 0.1) is 0 Å². The van der Waals surface area contributed by atoms with E-state index in [4.69, 9.17) is 10.8 Å². The Morgan fingerprint density at radius 1 is 1.17 bits per heavy atom. The van der Waals surface area contributed by atoms with Crippen molar-refractivity contribution in [2.24, 2.45) is 5.73 Å². The summed E-state index contributed by atoms with van der Waals surface area (Å²) in [5.41, 5.74) is 8.43. The van der Waals surface area contributed by atoms with Gasteiger partial charge in [0.15, 0.2) is 0 Å². The lowest BCUT2D eigenvalue weighted by Crippen LogP contribution is -2.29. The first kappa shape index (κ1) is 15.2. The fraction of sp³-hybridized carbons (Fsp3) is 0.600. The molecule has 0 bridgehead atoms. The maximum absolute atomic E-state index is 8.71. The minimum absolute atomic E-state index is 0.241. The summed E-state index contributed by atoms with van der Waals surface area (Å²) in [6, 6.07) is 8.91. The predicted octanol–water partition coefficient (Wildman–Crippen LogP) is 2.00. The number of hydrogen-bond donors (Lipinski definition) is 3. The maximum atomic E-state index is 8.71. The van der Waals surface area contributed by atoms with E-state index in [1.807, 2.05) is 0 Å². The zero-order valence-electron chi connectivity index (χ0n) is 11.4. The number of rotatable bonds is 9. The minimum atomic E-state index is 0.241. The van der Waals surface area contributed by atoms with Crippen LogP contribution in [0.15, 0.2) is 24.3 Å². The first-order valence-corrected chi connectivity index (χ1v) is 6.95. The van der Waals surface area contributed by atoms with Crippen molar-refractivity contribution in [1.82, 2.24) is 5.32 Å². The SMILES string of the molecule is CCc1ccc(C(CN)NCCCCCO)cc1. The van der Waals surface area contributed by atoms with Crippen LogP contribution in [0.2, 0.25) is 0 Å². The number of nitrogens with two attached hydrogens (primary N) is 1. The number of aliphatic hydroxyl groups excluding tert-OH is 1. The van der Waals surface area contributed by atoms with E-state index < -0.39 is 0 Å². The number of benzene rings is 1. The molecule has 18 heavy (non-hydrogen) atoms. The van der Waals surface area contributed by atoms with Gasteiger partial charge in [0.2, 0.25) is 0 Å². The Bertz CT molecular complexity index is 311. The van der Waals surface area contributed by atoms with Crippen LogP contribution < -0.4 is 11.1 Å². The van der Waals surface area contributed by atoms with Crippen LogP contribution >= 0.6 is 0 Å². The van der Waals surface area contributed by atoms with Crippen LogP contribution in [-0.4, -0.2) is 24.8 Å². The third-order valence-electron chi connectivity index (χ3n) is 3.25. The monoisotopic (exact) mass is 250 g/mol. The molecule has 0 aliphatic carbocycles. The molecule has 1 aromatic rings. The highest BCUT2D eigenvalue weighted by Gasteiger charge is 2.07. The Morgan fingerprint density at radius 2 is 1.89 bits per heavy atom. The summed E-state index contributed by atoms with van der Waals surface area (Å²) >= 11 is 0. The molecule has 3 heteroatoms. The highest BCUT2D eigenvalue weighted by atomic mass is 16.2. The predicted molar refractivity (Wildman–Crippen MR) is 76.6 cm³/mol. The van der Waals surface area contributed by atoms with Gasteiger partial charge in [0.25, 0.3) is 0 Å². The van der Waals surface area contributed by atoms with Gasteiger partial charge in [-0.3, -0.25) is 0 Å². The van der Waals surface area contributed by atoms with E-state index in [9.17, 15) is 0 Å². The lowest BCUT2D eigenvalue weighted by Gasteiger charge is -2.17. The van der Waals surface area contributed by atoms with Crippen LogP contribution in [0.4, 0.5) is 0 Å². The summed E-state index contributed by atoms with van der Waals surface area (Å²) in [6.45, 7) is 4.02. The highest BCUT2D eigenvalue weighted by Crippen LogP contribution is 2.13. The molecular formula is C15H26N2O. The van der Waals surface area contributed by atoms with E-state index in [0.29, 0.717) is 13.2 Å². The molecule has 1 unspecified atom stereocenters. The van der Waals surface area contributed by atoms with Gasteiger partial charge in [-0.15, -0.1) is 0 Å². The van der Waals surface area contributed by atoms with Crippen molar-refractivity contribution < 1.29 is 5.11 Å². The van der Waals surface area contributed by atoms with Crippen molar-refractivity contribution in [3.63, 3.8) is 0 Å². The molecule has 0 amide bonds. The second kappa shape index (κ2) is 9.09. The summed E-state index contributed by atoms with van der Waals surface area (Å²) in [5.74, 6) is 0. The molecule has 1 aromatic carbocycles. The van der Waals surface area contributed by atoms with Gasteiger partial charge in [-0.05, 0) is 43.4 Å². The lowest BCUT2D eigenvalue weighted by molar-refractivity contribution is 0.282. The molecule has 1 atom stereocenters. The van der Waals surface area contributed by atoms with Crippen molar-refractivity contribution in [3.05, 3.63) is 35.4 Å². The smallest absolute Gasteiger partial charge is 0.0444 e. The van der Waals surface area contributed by atoms with E-state index in [2.05, 4.69) is 36.5 Å². The minimum Gasteiger partial charge on any atom is -0.396 e. The molecule has 0 heterocycles. The average molecular weight is 250 g/mol. The molecule has 4 N–H and O–H groups in total. The first-order chi connectivity index (χ1) is 8.81. The van der Waals surface area contributed by atoms with Gasteiger partial charge >= 0.3 is 0 Å². The highest BCUT2D eigenvalue weighted by molar-refractivity contribution is 5.25. The van der Waals surface area contributed by atoms with Gasteiger partial charge < -0.3 is 16.2 Å². The Kier molecular flexibility index (Phi) is 7.65. The van der Waals surface area contributed by atoms with Crippen LogP contribution in [0, 0.1) is 0 Å². The van der Waals surface area contributed by atoms with E-state index in [0.717, 1.165) is 32.2 Å². The Morgan fingerprint density at radius 3 is 2.44 bits per heavy atom. The van der Waals surface area contributed by atoms with Crippen LogP contribution in [0.3, 0.4) is 0 Å². The number of hydrogen-bond acceptors (Lipinski definition) is 3. The largest absolute Gasteiger partial charge is 0.396 e. The van der Waals surface area contributed by atoms with E-state index in [-0.39, 0.29) is 6.04 Å². The fourth-order valence-corrected chi connectivity index (χ4v) is 2.01. The molecule has 0 radical (unpaired) electrons. The molecule has 0 aromatic heterocycles. The van der Waals surface area contributed by atoms with Crippen molar-refractivity contribution in [3.8, 4) is 0 Å². The van der Waals surface area contributed by atoms with Gasteiger partial charge in [-0.25, -0.2) is 0 Å². The second-order valence-electron chi connectivity index (χ2n) is 4.62. The Hall–Kier alpha value is -0.900. The van der Waals surface area contributed by atoms with Crippen LogP contribution in [0.1, 0.15) is 43.4 Å². The quantitative estimate of drug-likeness (QED) is 0.588. The average Bonchev–Trinajstić information content (AvgIpc) is 2.43. The number of unbranched alkanes of at least 4 members (excludes halogenated alkanes) is 2. The summed E-state index contributed by atoms with van der Waals surface area (Å²) in [6.07, 6.45) is 4.11.